The Morgan fingerprint density at radius 3 is 2.69 bits per heavy atom. The molecule has 1 aromatic carbocycles. The van der Waals surface area contributed by atoms with Gasteiger partial charge in [0.05, 0.1) is 34.8 Å². The first-order valence-electron chi connectivity index (χ1n) is 8.59. The number of aromatic nitrogens is 1. The summed E-state index contributed by atoms with van der Waals surface area (Å²) >= 11 is 0. The lowest BCUT2D eigenvalue weighted by molar-refractivity contribution is -0.254. The van der Waals surface area contributed by atoms with Crippen LogP contribution in [0.5, 0.6) is 5.88 Å². The lowest BCUT2D eigenvalue weighted by atomic mass is 10.0. The third-order valence-corrected chi connectivity index (χ3v) is 6.57. The molecule has 0 aliphatic carbocycles. The van der Waals surface area contributed by atoms with E-state index in [0.717, 1.165) is 10.8 Å². The van der Waals surface area contributed by atoms with E-state index in [9.17, 15) is 33.5 Å². The second-order valence-electron chi connectivity index (χ2n) is 6.64. The molecule has 1 atom stereocenters. The molecule has 1 saturated heterocycles. The topological polar surface area (TPSA) is 153 Å². The minimum Gasteiger partial charge on any atom is -0.545 e. The zero-order valence-electron chi connectivity index (χ0n) is 15.3. The molecule has 9 nitrogen and oxygen atoms in total. The van der Waals surface area contributed by atoms with Crippen molar-refractivity contribution in [2.24, 2.45) is 4.99 Å². The number of carboxylic acid groups (broad SMARTS) is 1. The van der Waals surface area contributed by atoms with Crippen molar-refractivity contribution in [1.29, 1.82) is 5.26 Å². The molecule has 2 heterocycles. The number of sulfone groups is 1. The fourth-order valence-electron chi connectivity index (χ4n) is 3.31. The molecule has 0 spiro atoms. The number of hydrogen-bond acceptors (Lipinski definition) is 8. The van der Waals surface area contributed by atoms with Gasteiger partial charge in [-0.3, -0.25) is 14.4 Å². The average Bonchev–Trinajstić information content (AvgIpc) is 3.01. The van der Waals surface area contributed by atoms with E-state index in [0.29, 0.717) is 0 Å². The maximum atomic E-state index is 12.7. The average molecular weight is 414 g/mol. The lowest BCUT2D eigenvalue weighted by Gasteiger charge is -2.18. The summed E-state index contributed by atoms with van der Waals surface area (Å²) in [4.78, 5) is 28.0. The van der Waals surface area contributed by atoms with Crippen molar-refractivity contribution >= 4 is 27.7 Å². The number of hydrogen-bond donors (Lipinski definition) is 1. The Kier molecular flexibility index (Phi) is 5.26. The van der Waals surface area contributed by atoms with Crippen LogP contribution in [-0.2, 0) is 9.84 Å². The molecule has 29 heavy (non-hydrogen) atoms. The third kappa shape index (κ3) is 3.77. The Hall–Kier alpha value is -3.45. The summed E-state index contributed by atoms with van der Waals surface area (Å²) in [6.45, 7) is 1.45. The van der Waals surface area contributed by atoms with Gasteiger partial charge in [-0.1, -0.05) is 18.2 Å². The summed E-state index contributed by atoms with van der Waals surface area (Å²) in [7, 11) is -3.35. The highest BCUT2D eigenvalue weighted by atomic mass is 32.2. The summed E-state index contributed by atoms with van der Waals surface area (Å²) in [5.74, 6) is -2.40. The van der Waals surface area contributed by atoms with Gasteiger partial charge in [0.25, 0.3) is 5.56 Å². The van der Waals surface area contributed by atoms with E-state index in [-0.39, 0.29) is 45.9 Å². The van der Waals surface area contributed by atoms with Crippen LogP contribution in [0.25, 0.3) is 0 Å². The predicted molar refractivity (Wildman–Crippen MR) is 102 cm³/mol. The number of benzene rings is 1. The quantitative estimate of drug-likeness (QED) is 0.702. The first kappa shape index (κ1) is 20.3. The zero-order chi connectivity index (χ0) is 21.3. The number of rotatable bonds is 4. The van der Waals surface area contributed by atoms with Gasteiger partial charge in [-0.05, 0) is 25.0 Å². The minimum atomic E-state index is -3.35. The molecule has 3 rings (SSSR count). The van der Waals surface area contributed by atoms with Crippen molar-refractivity contribution in [3.63, 3.8) is 0 Å². The molecule has 1 aromatic heterocycles. The van der Waals surface area contributed by atoms with Crippen LogP contribution in [-0.4, -0.2) is 41.8 Å². The molecule has 0 saturated carbocycles. The molecular formula is C19H16N3O6S-. The van der Waals surface area contributed by atoms with Crippen LogP contribution in [0.2, 0.25) is 0 Å². The first-order valence-corrected chi connectivity index (χ1v) is 10.4. The van der Waals surface area contributed by atoms with E-state index < -0.39 is 33.3 Å². The SMILES string of the molecule is Cc1c(C=Nc2ccccc2C(=O)[O-])c(O)n(C2CCS(=O)(=O)C2)c(=O)c1C#N. The van der Waals surface area contributed by atoms with Gasteiger partial charge in [-0.25, -0.2) is 8.42 Å². The number of carbonyl (C=O) groups is 1. The van der Waals surface area contributed by atoms with Gasteiger partial charge in [0.15, 0.2) is 9.84 Å². The number of carboxylic acids is 1. The number of nitriles is 1. The first-order chi connectivity index (χ1) is 13.7. The van der Waals surface area contributed by atoms with Crippen LogP contribution in [0.15, 0.2) is 34.1 Å². The summed E-state index contributed by atoms with van der Waals surface area (Å²) in [5, 5.41) is 31.3. The normalized spacial score (nSPS) is 18.0. The van der Waals surface area contributed by atoms with Crippen molar-refractivity contribution in [2.75, 3.05) is 11.5 Å². The summed E-state index contributed by atoms with van der Waals surface area (Å²) in [5.41, 5.74) is -0.957. The largest absolute Gasteiger partial charge is 0.545 e. The van der Waals surface area contributed by atoms with Gasteiger partial charge >= 0.3 is 0 Å². The fraction of sp³-hybridized carbons (Fsp3) is 0.263. The van der Waals surface area contributed by atoms with Crippen LogP contribution < -0.4 is 10.7 Å². The van der Waals surface area contributed by atoms with E-state index in [1.165, 1.54) is 25.1 Å². The highest BCUT2D eigenvalue weighted by molar-refractivity contribution is 7.91. The van der Waals surface area contributed by atoms with Crippen LogP contribution >= 0.6 is 0 Å². The maximum Gasteiger partial charge on any atom is 0.271 e. The van der Waals surface area contributed by atoms with Crippen molar-refractivity contribution in [3.8, 4) is 11.9 Å². The molecule has 1 aliphatic heterocycles. The number of aliphatic imine (C=N–C) groups is 1. The zero-order valence-corrected chi connectivity index (χ0v) is 16.1. The van der Waals surface area contributed by atoms with E-state index >= 15 is 0 Å². The fourth-order valence-corrected chi connectivity index (χ4v) is 5.01. The van der Waals surface area contributed by atoms with E-state index in [2.05, 4.69) is 4.99 Å². The Labute approximate surface area is 166 Å². The van der Waals surface area contributed by atoms with Crippen molar-refractivity contribution in [2.45, 2.75) is 19.4 Å². The Morgan fingerprint density at radius 1 is 1.41 bits per heavy atom. The van der Waals surface area contributed by atoms with Crippen LogP contribution in [0.1, 0.15) is 39.5 Å². The Bertz CT molecular complexity index is 1240. The van der Waals surface area contributed by atoms with Crippen molar-refractivity contribution < 1.29 is 23.4 Å². The number of nitrogens with zero attached hydrogens (tertiary/aromatic N) is 3. The van der Waals surface area contributed by atoms with Gasteiger partial charge in [-0.2, -0.15) is 5.26 Å². The number of pyridine rings is 1. The molecule has 10 heteroatoms. The molecule has 0 bridgehead atoms. The summed E-state index contributed by atoms with van der Waals surface area (Å²) in [6, 6.07) is 6.78. The van der Waals surface area contributed by atoms with E-state index in [1.807, 2.05) is 0 Å². The van der Waals surface area contributed by atoms with Crippen LogP contribution in [0, 0.1) is 18.3 Å². The number of carbonyl (C=O) groups excluding carboxylic acids is 1. The Morgan fingerprint density at radius 2 is 2.10 bits per heavy atom. The molecule has 2 aromatic rings. The Balaban J connectivity index is 2.18. The van der Waals surface area contributed by atoms with Crippen molar-refractivity contribution in [3.05, 3.63) is 56.9 Å². The monoisotopic (exact) mass is 414 g/mol. The van der Waals surface area contributed by atoms with E-state index in [4.69, 9.17) is 0 Å². The highest BCUT2D eigenvalue weighted by Gasteiger charge is 2.33. The lowest BCUT2D eigenvalue weighted by Crippen LogP contribution is -2.29. The number of aromatic carboxylic acids is 1. The van der Waals surface area contributed by atoms with Gasteiger partial charge in [-0.15, -0.1) is 0 Å². The second-order valence-corrected chi connectivity index (χ2v) is 8.87. The second kappa shape index (κ2) is 7.52. The third-order valence-electron chi connectivity index (χ3n) is 4.82. The van der Waals surface area contributed by atoms with Crippen LogP contribution in [0.4, 0.5) is 5.69 Å². The predicted octanol–water partition coefficient (Wildman–Crippen LogP) is 0.208. The smallest absolute Gasteiger partial charge is 0.271 e. The highest BCUT2D eigenvalue weighted by Crippen LogP contribution is 2.30. The molecule has 0 amide bonds. The maximum absolute atomic E-state index is 12.7. The van der Waals surface area contributed by atoms with Gasteiger partial charge in [0.2, 0.25) is 5.88 Å². The van der Waals surface area contributed by atoms with E-state index in [1.54, 1.807) is 12.1 Å². The molecule has 1 aliphatic rings. The van der Waals surface area contributed by atoms with Gasteiger partial charge < -0.3 is 15.0 Å². The van der Waals surface area contributed by atoms with Crippen LogP contribution in [0.3, 0.4) is 0 Å². The minimum absolute atomic E-state index is 0.0265. The number of aromatic hydroxyl groups is 1. The molecule has 1 fully saturated rings. The number of para-hydroxylation sites is 1. The molecular weight excluding hydrogens is 398 g/mol. The summed E-state index contributed by atoms with van der Waals surface area (Å²) < 4.78 is 24.5. The standard InChI is InChI=1S/C19H17N3O6S/c1-11-14(8-20)17(23)22(12-6-7-29(27,28)10-12)18(24)15(11)9-21-16-5-3-2-4-13(16)19(25)26/h2-5,9,12,24H,6-7,10H2,1H3,(H,25,26)/p-1. The van der Waals surface area contributed by atoms with Gasteiger partial charge in [0.1, 0.15) is 11.6 Å². The molecule has 0 radical (unpaired) electrons. The molecule has 150 valence electrons. The molecule has 1 unspecified atom stereocenters. The van der Waals surface area contributed by atoms with Gasteiger partial charge in [0, 0.05) is 11.8 Å². The van der Waals surface area contributed by atoms with Crippen molar-refractivity contribution in [1.82, 2.24) is 4.57 Å². The molecule has 1 N–H and O–H groups in total. The summed E-state index contributed by atoms with van der Waals surface area (Å²) in [6.07, 6.45) is 1.28.